The van der Waals surface area contributed by atoms with Crippen LogP contribution < -0.4 is 0 Å². The van der Waals surface area contributed by atoms with E-state index in [0.717, 1.165) is 20.4 Å². The summed E-state index contributed by atoms with van der Waals surface area (Å²) < 4.78 is 1.82. The van der Waals surface area contributed by atoms with Crippen LogP contribution in [-0.4, -0.2) is 5.78 Å². The lowest BCUT2D eigenvalue weighted by atomic mass is 10.0. The van der Waals surface area contributed by atoms with Crippen LogP contribution in [0.2, 0.25) is 0 Å². The minimum absolute atomic E-state index is 0.157. The number of carbonyl (C=O) groups excluding carboxylic acids is 1. The van der Waals surface area contributed by atoms with E-state index in [1.807, 2.05) is 32.0 Å². The van der Waals surface area contributed by atoms with Crippen molar-refractivity contribution in [2.75, 3.05) is 0 Å². The van der Waals surface area contributed by atoms with Gasteiger partial charge in [0, 0.05) is 20.9 Å². The zero-order valence-corrected chi connectivity index (χ0v) is 11.3. The van der Waals surface area contributed by atoms with Gasteiger partial charge in [0.2, 0.25) is 0 Å². The molecule has 1 nitrogen and oxygen atoms in total. The standard InChI is InChI=1S/C11H11Br2O/c1-7(2)5-11(14)9-4-3-8(12)6-10(9)13/h3-4,6H,5H2,1-2H3. The minimum atomic E-state index is 0.157. The summed E-state index contributed by atoms with van der Waals surface area (Å²) in [5, 5.41) is 0. The Balaban J connectivity index is 2.90. The second-order valence-electron chi connectivity index (χ2n) is 3.43. The van der Waals surface area contributed by atoms with Gasteiger partial charge in [0.05, 0.1) is 0 Å². The first kappa shape index (κ1) is 11.9. The van der Waals surface area contributed by atoms with Crippen molar-refractivity contribution in [3.8, 4) is 0 Å². The lowest BCUT2D eigenvalue weighted by Crippen LogP contribution is -2.03. The fourth-order valence-electron chi connectivity index (χ4n) is 1.13. The fourth-order valence-corrected chi connectivity index (χ4v) is 2.40. The van der Waals surface area contributed by atoms with Gasteiger partial charge < -0.3 is 0 Å². The molecule has 1 radical (unpaired) electrons. The molecule has 0 amide bonds. The van der Waals surface area contributed by atoms with Gasteiger partial charge in [-0.3, -0.25) is 4.79 Å². The van der Waals surface area contributed by atoms with E-state index in [0.29, 0.717) is 6.42 Å². The molecule has 0 aliphatic rings. The third kappa shape index (κ3) is 3.21. The van der Waals surface area contributed by atoms with Crippen molar-refractivity contribution in [2.45, 2.75) is 20.3 Å². The van der Waals surface area contributed by atoms with Gasteiger partial charge in [0.25, 0.3) is 0 Å². The van der Waals surface area contributed by atoms with Crippen LogP contribution in [0.4, 0.5) is 0 Å². The highest BCUT2D eigenvalue weighted by Crippen LogP contribution is 2.24. The van der Waals surface area contributed by atoms with Crippen LogP contribution in [0.1, 0.15) is 30.6 Å². The molecule has 0 aromatic heterocycles. The molecule has 1 rings (SSSR count). The number of rotatable bonds is 3. The molecule has 0 aliphatic heterocycles. The predicted molar refractivity (Wildman–Crippen MR) is 65.4 cm³/mol. The fraction of sp³-hybridized carbons (Fsp3) is 0.273. The number of benzene rings is 1. The molecule has 0 heterocycles. The van der Waals surface area contributed by atoms with Gasteiger partial charge in [-0.05, 0) is 24.1 Å². The van der Waals surface area contributed by atoms with E-state index < -0.39 is 0 Å². The zero-order chi connectivity index (χ0) is 10.7. The maximum Gasteiger partial charge on any atom is 0.164 e. The summed E-state index contributed by atoms with van der Waals surface area (Å²) in [6.07, 6.45) is 0.514. The monoisotopic (exact) mass is 317 g/mol. The second kappa shape index (κ2) is 5.08. The number of carbonyl (C=O) groups is 1. The molecule has 0 saturated carbocycles. The highest BCUT2D eigenvalue weighted by Gasteiger charge is 2.11. The van der Waals surface area contributed by atoms with Gasteiger partial charge in [-0.15, -0.1) is 0 Å². The number of hydrogen-bond acceptors (Lipinski definition) is 1. The molecule has 0 N–H and O–H groups in total. The van der Waals surface area contributed by atoms with Crippen LogP contribution in [0, 0.1) is 5.92 Å². The Hall–Kier alpha value is -0.150. The van der Waals surface area contributed by atoms with Gasteiger partial charge in [-0.1, -0.05) is 45.7 Å². The highest BCUT2D eigenvalue weighted by molar-refractivity contribution is 9.11. The van der Waals surface area contributed by atoms with Crippen molar-refractivity contribution in [3.05, 3.63) is 38.6 Å². The topological polar surface area (TPSA) is 17.1 Å². The van der Waals surface area contributed by atoms with Crippen molar-refractivity contribution in [1.82, 2.24) is 0 Å². The van der Waals surface area contributed by atoms with Crippen molar-refractivity contribution >= 4 is 37.6 Å². The van der Waals surface area contributed by atoms with E-state index in [2.05, 4.69) is 31.9 Å². The molecule has 0 spiro atoms. The molecule has 0 bridgehead atoms. The van der Waals surface area contributed by atoms with Gasteiger partial charge in [-0.25, -0.2) is 0 Å². The number of Topliss-reactive ketones (excluding diaryl/α,β-unsaturated/α-hetero) is 1. The van der Waals surface area contributed by atoms with Crippen molar-refractivity contribution in [3.63, 3.8) is 0 Å². The minimum Gasteiger partial charge on any atom is -0.294 e. The third-order valence-electron chi connectivity index (χ3n) is 1.75. The molecular formula is C11H11Br2O. The average Bonchev–Trinajstić information content (AvgIpc) is 2.01. The quantitative estimate of drug-likeness (QED) is 0.755. The smallest absolute Gasteiger partial charge is 0.164 e. The number of halogens is 2. The molecule has 0 fully saturated rings. The first-order chi connectivity index (χ1) is 6.50. The Morgan fingerprint density at radius 3 is 2.43 bits per heavy atom. The molecule has 75 valence electrons. The highest BCUT2D eigenvalue weighted by atomic mass is 79.9. The third-order valence-corrected chi connectivity index (χ3v) is 2.89. The van der Waals surface area contributed by atoms with E-state index in [-0.39, 0.29) is 5.78 Å². The molecule has 1 aromatic carbocycles. The molecular weight excluding hydrogens is 308 g/mol. The van der Waals surface area contributed by atoms with Crippen LogP contribution in [0.5, 0.6) is 0 Å². The Kier molecular flexibility index (Phi) is 4.32. The Morgan fingerprint density at radius 2 is 1.93 bits per heavy atom. The van der Waals surface area contributed by atoms with Crippen molar-refractivity contribution in [1.29, 1.82) is 0 Å². The Bertz CT molecular complexity index is 345. The average molecular weight is 319 g/mol. The molecule has 14 heavy (non-hydrogen) atoms. The maximum atomic E-state index is 11.7. The van der Waals surface area contributed by atoms with E-state index in [4.69, 9.17) is 0 Å². The first-order valence-corrected chi connectivity index (χ1v) is 5.86. The van der Waals surface area contributed by atoms with Gasteiger partial charge >= 0.3 is 0 Å². The van der Waals surface area contributed by atoms with Crippen LogP contribution >= 0.6 is 31.9 Å². The van der Waals surface area contributed by atoms with E-state index in [9.17, 15) is 4.79 Å². The summed E-state index contributed by atoms with van der Waals surface area (Å²) in [6, 6.07) is 5.60. The van der Waals surface area contributed by atoms with Crippen LogP contribution in [0.3, 0.4) is 0 Å². The van der Waals surface area contributed by atoms with E-state index >= 15 is 0 Å². The second-order valence-corrected chi connectivity index (χ2v) is 5.20. The van der Waals surface area contributed by atoms with Gasteiger partial charge in [-0.2, -0.15) is 0 Å². The van der Waals surface area contributed by atoms with Gasteiger partial charge in [0.1, 0.15) is 0 Å². The van der Waals surface area contributed by atoms with Crippen LogP contribution in [0.15, 0.2) is 27.1 Å². The summed E-state index contributed by atoms with van der Waals surface area (Å²) >= 11 is 6.73. The van der Waals surface area contributed by atoms with E-state index in [1.54, 1.807) is 0 Å². The molecule has 0 aliphatic carbocycles. The summed E-state index contributed by atoms with van der Waals surface area (Å²) in [7, 11) is 0. The lowest BCUT2D eigenvalue weighted by Gasteiger charge is -2.05. The predicted octanol–water partition coefficient (Wildman–Crippen LogP) is 4.40. The summed E-state index contributed by atoms with van der Waals surface area (Å²) in [6.45, 7) is 3.93. The summed E-state index contributed by atoms with van der Waals surface area (Å²) in [4.78, 5) is 11.7. The summed E-state index contributed by atoms with van der Waals surface area (Å²) in [5.41, 5.74) is 0.745. The molecule has 0 unspecified atom stereocenters. The summed E-state index contributed by atoms with van der Waals surface area (Å²) in [5.74, 6) is 1.29. The lowest BCUT2D eigenvalue weighted by molar-refractivity contribution is 0.0987. The zero-order valence-electron chi connectivity index (χ0n) is 8.10. The molecule has 1 aromatic rings. The number of hydrogen-bond donors (Lipinski definition) is 0. The Labute approximate surface area is 101 Å². The normalized spacial score (nSPS) is 10.6. The van der Waals surface area contributed by atoms with E-state index in [1.165, 1.54) is 0 Å². The first-order valence-electron chi connectivity index (χ1n) is 4.28. The Morgan fingerprint density at radius 1 is 1.29 bits per heavy atom. The molecule has 0 atom stereocenters. The SMILES string of the molecule is C[C](C)CC(=O)c1ccc(Br)cc1Br. The largest absolute Gasteiger partial charge is 0.294 e. The maximum absolute atomic E-state index is 11.7. The van der Waals surface area contributed by atoms with Crippen molar-refractivity contribution in [2.24, 2.45) is 0 Å². The molecule has 0 saturated heterocycles. The van der Waals surface area contributed by atoms with Crippen LogP contribution in [0.25, 0.3) is 0 Å². The van der Waals surface area contributed by atoms with Crippen molar-refractivity contribution < 1.29 is 4.79 Å². The van der Waals surface area contributed by atoms with Gasteiger partial charge in [0.15, 0.2) is 5.78 Å². The van der Waals surface area contributed by atoms with Crippen LogP contribution in [-0.2, 0) is 0 Å². The molecule has 3 heteroatoms. The number of ketones is 1.